The first kappa shape index (κ1) is 21.8. The standard InChI is InChI=1S/C23H34N4OS/c1-3-24-23(25-16-19(2)14-22-8-5-13-29-22)26-17-20-6-4-7-21(15-20)18-27-9-11-28-12-10-27/h4-8,13,15,19H,3,9-12,14,16-18H2,1-2H3,(H2,24,25,26). The lowest BCUT2D eigenvalue weighted by Gasteiger charge is -2.26. The summed E-state index contributed by atoms with van der Waals surface area (Å²) < 4.78 is 5.44. The molecule has 6 heteroatoms. The van der Waals surface area contributed by atoms with Gasteiger partial charge >= 0.3 is 0 Å². The number of ether oxygens (including phenoxy) is 1. The number of aliphatic imine (C=N–C) groups is 1. The Morgan fingerprint density at radius 1 is 1.17 bits per heavy atom. The molecule has 0 saturated carbocycles. The van der Waals surface area contributed by atoms with E-state index in [9.17, 15) is 0 Å². The molecule has 1 unspecified atom stereocenters. The molecule has 158 valence electrons. The lowest BCUT2D eigenvalue weighted by atomic mass is 10.1. The van der Waals surface area contributed by atoms with Gasteiger partial charge in [-0.2, -0.15) is 0 Å². The third kappa shape index (κ3) is 7.80. The van der Waals surface area contributed by atoms with Crippen molar-refractivity contribution in [3.63, 3.8) is 0 Å². The van der Waals surface area contributed by atoms with Crippen molar-refractivity contribution in [2.75, 3.05) is 39.4 Å². The zero-order valence-electron chi connectivity index (χ0n) is 17.7. The quantitative estimate of drug-likeness (QED) is 0.487. The van der Waals surface area contributed by atoms with Crippen molar-refractivity contribution in [2.45, 2.75) is 33.4 Å². The summed E-state index contributed by atoms with van der Waals surface area (Å²) in [6, 6.07) is 13.1. The molecule has 2 heterocycles. The van der Waals surface area contributed by atoms with E-state index in [2.05, 4.69) is 71.2 Å². The number of nitrogens with one attached hydrogen (secondary N) is 2. The minimum Gasteiger partial charge on any atom is -0.379 e. The van der Waals surface area contributed by atoms with Gasteiger partial charge in [-0.3, -0.25) is 4.90 Å². The van der Waals surface area contributed by atoms with Crippen LogP contribution in [-0.4, -0.2) is 50.3 Å². The van der Waals surface area contributed by atoms with Gasteiger partial charge in [-0.05, 0) is 41.8 Å². The lowest BCUT2D eigenvalue weighted by Crippen LogP contribution is -2.39. The van der Waals surface area contributed by atoms with Gasteiger partial charge in [0.25, 0.3) is 0 Å². The largest absolute Gasteiger partial charge is 0.379 e. The Morgan fingerprint density at radius 2 is 2.00 bits per heavy atom. The second-order valence-electron chi connectivity index (χ2n) is 7.67. The molecular formula is C23H34N4OS. The zero-order chi connectivity index (χ0) is 20.3. The fourth-order valence-electron chi connectivity index (χ4n) is 3.47. The van der Waals surface area contributed by atoms with Crippen LogP contribution >= 0.6 is 11.3 Å². The molecule has 1 fully saturated rings. The van der Waals surface area contributed by atoms with Crippen molar-refractivity contribution >= 4 is 17.3 Å². The Labute approximate surface area is 179 Å². The van der Waals surface area contributed by atoms with E-state index in [1.54, 1.807) is 0 Å². The highest BCUT2D eigenvalue weighted by Crippen LogP contribution is 2.14. The van der Waals surface area contributed by atoms with Crippen molar-refractivity contribution < 1.29 is 4.74 Å². The third-order valence-electron chi connectivity index (χ3n) is 5.01. The lowest BCUT2D eigenvalue weighted by molar-refractivity contribution is 0.0342. The van der Waals surface area contributed by atoms with Gasteiger partial charge in [0, 0.05) is 37.6 Å². The fourth-order valence-corrected chi connectivity index (χ4v) is 4.34. The SMILES string of the molecule is CCNC(=NCc1cccc(CN2CCOCC2)c1)NCC(C)Cc1cccs1. The van der Waals surface area contributed by atoms with Gasteiger partial charge in [-0.1, -0.05) is 37.3 Å². The summed E-state index contributed by atoms with van der Waals surface area (Å²) in [5.74, 6) is 1.46. The van der Waals surface area contributed by atoms with E-state index < -0.39 is 0 Å². The van der Waals surface area contributed by atoms with Crippen LogP contribution in [0.25, 0.3) is 0 Å². The van der Waals surface area contributed by atoms with Gasteiger partial charge in [0.1, 0.15) is 0 Å². The number of hydrogen-bond donors (Lipinski definition) is 2. The summed E-state index contributed by atoms with van der Waals surface area (Å²) in [6.07, 6.45) is 1.10. The van der Waals surface area contributed by atoms with Gasteiger partial charge in [-0.15, -0.1) is 11.3 Å². The van der Waals surface area contributed by atoms with E-state index in [1.165, 1.54) is 16.0 Å². The molecule has 1 aromatic heterocycles. The predicted molar refractivity (Wildman–Crippen MR) is 123 cm³/mol. The number of hydrogen-bond acceptors (Lipinski definition) is 4. The third-order valence-corrected chi connectivity index (χ3v) is 5.91. The van der Waals surface area contributed by atoms with E-state index in [0.717, 1.165) is 58.3 Å². The monoisotopic (exact) mass is 414 g/mol. The summed E-state index contributed by atoms with van der Waals surface area (Å²) in [6.45, 7) is 11.6. The van der Waals surface area contributed by atoms with E-state index in [-0.39, 0.29) is 0 Å². The summed E-state index contributed by atoms with van der Waals surface area (Å²) >= 11 is 1.83. The van der Waals surface area contributed by atoms with Crippen LogP contribution in [0.15, 0.2) is 46.8 Å². The molecule has 0 spiro atoms. The molecule has 1 saturated heterocycles. The van der Waals surface area contributed by atoms with Crippen LogP contribution in [0.4, 0.5) is 0 Å². The maximum absolute atomic E-state index is 5.44. The number of nitrogens with zero attached hydrogens (tertiary/aromatic N) is 2. The predicted octanol–water partition coefficient (Wildman–Crippen LogP) is 3.51. The first-order chi connectivity index (χ1) is 14.2. The molecule has 3 rings (SSSR count). The molecule has 5 nitrogen and oxygen atoms in total. The van der Waals surface area contributed by atoms with Crippen molar-refractivity contribution in [3.05, 3.63) is 57.8 Å². The van der Waals surface area contributed by atoms with Gasteiger partial charge in [0.05, 0.1) is 19.8 Å². The molecule has 0 aliphatic carbocycles. The van der Waals surface area contributed by atoms with Gasteiger partial charge in [-0.25, -0.2) is 4.99 Å². The normalized spacial score (nSPS) is 16.6. The van der Waals surface area contributed by atoms with Crippen LogP contribution in [0.1, 0.15) is 29.9 Å². The molecular weight excluding hydrogens is 380 g/mol. The Hall–Kier alpha value is -1.89. The Morgan fingerprint density at radius 3 is 2.76 bits per heavy atom. The van der Waals surface area contributed by atoms with Crippen LogP contribution in [0, 0.1) is 5.92 Å². The Balaban J connectivity index is 1.51. The van der Waals surface area contributed by atoms with Crippen molar-refractivity contribution in [1.82, 2.24) is 15.5 Å². The summed E-state index contributed by atoms with van der Waals surface area (Å²) in [5.41, 5.74) is 2.60. The molecule has 0 amide bonds. The van der Waals surface area contributed by atoms with Crippen molar-refractivity contribution in [2.24, 2.45) is 10.9 Å². The minimum absolute atomic E-state index is 0.564. The average molecular weight is 415 g/mol. The number of thiophene rings is 1. The molecule has 0 bridgehead atoms. The Kier molecular flexibility index (Phi) is 8.99. The van der Waals surface area contributed by atoms with Crippen molar-refractivity contribution in [3.8, 4) is 0 Å². The first-order valence-corrected chi connectivity index (χ1v) is 11.5. The van der Waals surface area contributed by atoms with Crippen LogP contribution in [0.5, 0.6) is 0 Å². The van der Waals surface area contributed by atoms with Crippen LogP contribution < -0.4 is 10.6 Å². The highest BCUT2D eigenvalue weighted by molar-refractivity contribution is 7.09. The van der Waals surface area contributed by atoms with E-state index in [4.69, 9.17) is 9.73 Å². The highest BCUT2D eigenvalue weighted by Gasteiger charge is 2.11. The molecule has 2 aromatic rings. The zero-order valence-corrected chi connectivity index (χ0v) is 18.5. The van der Waals surface area contributed by atoms with Crippen LogP contribution in [0.2, 0.25) is 0 Å². The summed E-state index contributed by atoms with van der Waals surface area (Å²) in [5, 5.41) is 9.02. The van der Waals surface area contributed by atoms with Crippen molar-refractivity contribution in [1.29, 1.82) is 0 Å². The van der Waals surface area contributed by atoms with Gasteiger partial charge < -0.3 is 15.4 Å². The number of morpholine rings is 1. The van der Waals surface area contributed by atoms with E-state index in [1.807, 2.05) is 11.3 Å². The molecule has 1 aromatic carbocycles. The second kappa shape index (κ2) is 12.0. The summed E-state index contributed by atoms with van der Waals surface area (Å²) in [4.78, 5) is 8.70. The van der Waals surface area contributed by atoms with E-state index >= 15 is 0 Å². The highest BCUT2D eigenvalue weighted by atomic mass is 32.1. The van der Waals surface area contributed by atoms with Gasteiger partial charge in [0.2, 0.25) is 0 Å². The topological polar surface area (TPSA) is 48.9 Å². The number of guanidine groups is 1. The smallest absolute Gasteiger partial charge is 0.191 e. The molecule has 1 aliphatic heterocycles. The van der Waals surface area contributed by atoms with Crippen LogP contribution in [-0.2, 0) is 24.2 Å². The average Bonchev–Trinajstić information content (AvgIpc) is 3.24. The molecule has 1 atom stereocenters. The fraction of sp³-hybridized carbons (Fsp3) is 0.522. The minimum atomic E-state index is 0.564. The van der Waals surface area contributed by atoms with Crippen LogP contribution in [0.3, 0.4) is 0 Å². The number of benzene rings is 1. The van der Waals surface area contributed by atoms with Gasteiger partial charge in [0.15, 0.2) is 5.96 Å². The number of rotatable bonds is 9. The summed E-state index contributed by atoms with van der Waals surface area (Å²) in [7, 11) is 0. The maximum atomic E-state index is 5.44. The molecule has 29 heavy (non-hydrogen) atoms. The molecule has 1 aliphatic rings. The second-order valence-corrected chi connectivity index (χ2v) is 8.71. The van der Waals surface area contributed by atoms with E-state index in [0.29, 0.717) is 12.5 Å². The molecule has 2 N–H and O–H groups in total. The Bertz CT molecular complexity index is 741. The molecule has 0 radical (unpaired) electrons. The first-order valence-electron chi connectivity index (χ1n) is 10.7. The maximum Gasteiger partial charge on any atom is 0.191 e.